The molecule has 1 aliphatic rings. The number of sulfonamides is 1. The van der Waals surface area contributed by atoms with Gasteiger partial charge in [-0.05, 0) is 25.1 Å². The number of amides is 1. The summed E-state index contributed by atoms with van der Waals surface area (Å²) in [5.41, 5.74) is 0.508. The van der Waals surface area contributed by atoms with E-state index in [0.29, 0.717) is 5.57 Å². The van der Waals surface area contributed by atoms with Crippen LogP contribution in [-0.2, 0) is 17.1 Å². The Morgan fingerprint density at radius 1 is 1.50 bits per heavy atom. The molecule has 2 N–H and O–H groups in total. The van der Waals surface area contributed by atoms with Crippen molar-refractivity contribution in [2.45, 2.75) is 17.9 Å². The van der Waals surface area contributed by atoms with Crippen molar-refractivity contribution < 1.29 is 22.3 Å². The summed E-state index contributed by atoms with van der Waals surface area (Å²) < 4.78 is 48.2. The van der Waals surface area contributed by atoms with Gasteiger partial charge < -0.3 is 14.6 Å². The highest BCUT2D eigenvalue weighted by Crippen LogP contribution is 2.33. The van der Waals surface area contributed by atoms with Crippen LogP contribution in [0.1, 0.15) is 23.0 Å². The van der Waals surface area contributed by atoms with Gasteiger partial charge in [-0.1, -0.05) is 12.2 Å². The van der Waals surface area contributed by atoms with Crippen molar-refractivity contribution in [3.8, 4) is 11.8 Å². The van der Waals surface area contributed by atoms with Crippen molar-refractivity contribution in [1.29, 1.82) is 5.26 Å². The molecule has 8 nitrogen and oxygen atoms in total. The first kappa shape index (κ1) is 19.6. The van der Waals surface area contributed by atoms with E-state index in [9.17, 15) is 17.6 Å². The Balaban J connectivity index is 1.99. The van der Waals surface area contributed by atoms with Gasteiger partial charge in [0, 0.05) is 18.9 Å². The van der Waals surface area contributed by atoms with Crippen molar-refractivity contribution in [2.24, 2.45) is 7.05 Å². The second-order valence-corrected chi connectivity index (χ2v) is 8.06. The quantitative estimate of drug-likeness (QED) is 0.759. The topological polar surface area (TPSA) is 113 Å². The summed E-state index contributed by atoms with van der Waals surface area (Å²) in [6.07, 6.45) is 1.28. The minimum absolute atomic E-state index is 0.0226. The Kier molecular flexibility index (Phi) is 4.97. The minimum atomic E-state index is -3.93. The summed E-state index contributed by atoms with van der Waals surface area (Å²) in [5.74, 6) is -1.46. The summed E-state index contributed by atoms with van der Waals surface area (Å²) in [6.45, 7) is 5.38. The highest BCUT2D eigenvalue weighted by molar-refractivity contribution is 7.89. The van der Waals surface area contributed by atoms with E-state index in [1.54, 1.807) is 13.0 Å². The molecule has 2 aromatic rings. The van der Waals surface area contributed by atoms with Gasteiger partial charge in [-0.15, -0.1) is 0 Å². The first-order valence-electron chi connectivity index (χ1n) is 8.15. The summed E-state index contributed by atoms with van der Waals surface area (Å²) in [7, 11) is -2.42. The number of aryl methyl sites for hydroxylation is 1. The molecule has 28 heavy (non-hydrogen) atoms. The van der Waals surface area contributed by atoms with Crippen LogP contribution in [0.3, 0.4) is 0 Å². The Labute approximate surface area is 161 Å². The van der Waals surface area contributed by atoms with Gasteiger partial charge in [-0.2, -0.15) is 5.26 Å². The molecule has 0 aliphatic carbocycles. The summed E-state index contributed by atoms with van der Waals surface area (Å²) in [5, 5.41) is 11.4. The number of hydrogen-bond acceptors (Lipinski definition) is 5. The predicted molar refractivity (Wildman–Crippen MR) is 98.9 cm³/mol. The first-order valence-corrected chi connectivity index (χ1v) is 9.63. The molecule has 0 radical (unpaired) electrons. The molecule has 3 rings (SSSR count). The minimum Gasteiger partial charge on any atom is -0.488 e. The van der Waals surface area contributed by atoms with Crippen LogP contribution in [0.5, 0.6) is 5.75 Å². The Morgan fingerprint density at radius 3 is 2.86 bits per heavy atom. The van der Waals surface area contributed by atoms with Crippen LogP contribution in [0, 0.1) is 17.1 Å². The monoisotopic (exact) mass is 404 g/mol. The molecule has 1 aromatic carbocycles. The zero-order valence-corrected chi connectivity index (χ0v) is 15.9. The fourth-order valence-electron chi connectivity index (χ4n) is 2.74. The number of nitriles is 1. The molecular weight excluding hydrogens is 387 g/mol. The van der Waals surface area contributed by atoms with E-state index >= 15 is 0 Å². The second kappa shape index (κ2) is 7.10. The lowest BCUT2D eigenvalue weighted by Gasteiger charge is -2.15. The van der Waals surface area contributed by atoms with E-state index in [0.717, 1.165) is 6.07 Å². The summed E-state index contributed by atoms with van der Waals surface area (Å²) >= 11 is 0. The number of fused-ring (bicyclic) bond motifs is 1. The fourth-order valence-corrected chi connectivity index (χ4v) is 4.21. The molecule has 2 heterocycles. The van der Waals surface area contributed by atoms with Crippen LogP contribution in [0.25, 0.3) is 0 Å². The largest absolute Gasteiger partial charge is 0.488 e. The SMILES string of the molecule is C=C(C)C1COc2c(cn(C)c2C(=O)Nc2ccc(F)c(C#N)c2)S(=O)(=O)N1. The van der Waals surface area contributed by atoms with Crippen LogP contribution in [0.2, 0.25) is 0 Å². The van der Waals surface area contributed by atoms with Crippen LogP contribution in [0.4, 0.5) is 10.1 Å². The van der Waals surface area contributed by atoms with E-state index in [2.05, 4.69) is 16.6 Å². The number of carbonyl (C=O) groups excluding carboxylic acids is 1. The number of halogens is 1. The first-order chi connectivity index (χ1) is 13.1. The lowest BCUT2D eigenvalue weighted by atomic mass is 10.2. The number of nitrogens with zero attached hydrogens (tertiary/aromatic N) is 2. The van der Waals surface area contributed by atoms with Crippen molar-refractivity contribution in [2.75, 3.05) is 11.9 Å². The third-order valence-corrected chi connectivity index (χ3v) is 5.70. The maximum absolute atomic E-state index is 13.5. The summed E-state index contributed by atoms with van der Waals surface area (Å²) in [6, 6.07) is 4.60. The lowest BCUT2D eigenvalue weighted by Crippen LogP contribution is -2.37. The van der Waals surface area contributed by atoms with Crippen LogP contribution >= 0.6 is 0 Å². The number of hydrogen-bond donors (Lipinski definition) is 2. The molecule has 1 unspecified atom stereocenters. The number of carbonyl (C=O) groups is 1. The van der Waals surface area contributed by atoms with Gasteiger partial charge in [0.1, 0.15) is 23.4 Å². The van der Waals surface area contributed by atoms with Crippen molar-refractivity contribution in [3.63, 3.8) is 0 Å². The van der Waals surface area contributed by atoms with Crippen molar-refractivity contribution in [1.82, 2.24) is 9.29 Å². The smallest absolute Gasteiger partial charge is 0.276 e. The molecule has 0 saturated heterocycles. The van der Waals surface area contributed by atoms with Crippen molar-refractivity contribution in [3.05, 3.63) is 53.6 Å². The Hall–Kier alpha value is -3.16. The number of benzene rings is 1. The van der Waals surface area contributed by atoms with Gasteiger partial charge in [-0.25, -0.2) is 17.5 Å². The molecule has 1 amide bonds. The van der Waals surface area contributed by atoms with E-state index in [1.165, 1.54) is 29.9 Å². The molecule has 0 saturated carbocycles. The Bertz CT molecular complexity index is 1130. The highest BCUT2D eigenvalue weighted by Gasteiger charge is 2.34. The molecule has 1 aromatic heterocycles. The molecule has 0 bridgehead atoms. The number of aromatic nitrogens is 1. The zero-order valence-electron chi connectivity index (χ0n) is 15.1. The second-order valence-electron chi connectivity index (χ2n) is 6.37. The van der Waals surface area contributed by atoms with Gasteiger partial charge in [0.15, 0.2) is 11.4 Å². The standard InChI is InChI=1S/C18H17FN4O4S/c1-10(2)14-9-27-17-15(28(25,26)22-14)8-23(3)16(17)18(24)21-12-4-5-13(19)11(6-12)7-20/h4-6,8,14,22H,1,9H2,2-3H3,(H,21,24). The molecule has 0 spiro atoms. The average Bonchev–Trinajstić information content (AvgIpc) is 2.90. The molecule has 146 valence electrons. The van der Waals surface area contributed by atoms with Gasteiger partial charge in [0.2, 0.25) is 10.0 Å². The average molecular weight is 404 g/mol. The Morgan fingerprint density at radius 2 is 2.21 bits per heavy atom. The van der Waals surface area contributed by atoms with Crippen LogP contribution < -0.4 is 14.8 Å². The maximum Gasteiger partial charge on any atom is 0.276 e. The molecule has 0 fully saturated rings. The number of anilines is 1. The van der Waals surface area contributed by atoms with Crippen LogP contribution in [0.15, 0.2) is 41.4 Å². The van der Waals surface area contributed by atoms with E-state index in [4.69, 9.17) is 10.00 Å². The van der Waals surface area contributed by atoms with Crippen molar-refractivity contribution >= 4 is 21.6 Å². The molecule has 10 heteroatoms. The number of ether oxygens (including phenoxy) is 1. The van der Waals surface area contributed by atoms with Gasteiger partial charge in [-0.3, -0.25) is 4.79 Å². The number of nitrogens with one attached hydrogen (secondary N) is 2. The molecular formula is C18H17FN4O4S. The van der Waals surface area contributed by atoms with E-state index in [-0.39, 0.29) is 34.2 Å². The third-order valence-electron chi connectivity index (χ3n) is 4.24. The molecule has 1 atom stereocenters. The summed E-state index contributed by atoms with van der Waals surface area (Å²) in [4.78, 5) is 12.6. The van der Waals surface area contributed by atoms with Gasteiger partial charge in [0.05, 0.1) is 11.6 Å². The number of rotatable bonds is 3. The van der Waals surface area contributed by atoms with Gasteiger partial charge in [0.25, 0.3) is 5.91 Å². The zero-order chi connectivity index (χ0) is 20.6. The van der Waals surface area contributed by atoms with E-state index in [1.807, 2.05) is 0 Å². The maximum atomic E-state index is 13.5. The van der Waals surface area contributed by atoms with Gasteiger partial charge >= 0.3 is 0 Å². The molecule has 1 aliphatic heterocycles. The lowest BCUT2D eigenvalue weighted by molar-refractivity contribution is 0.101. The third kappa shape index (κ3) is 3.49. The predicted octanol–water partition coefficient (Wildman–Crippen LogP) is 1.90. The highest BCUT2D eigenvalue weighted by atomic mass is 32.2. The van der Waals surface area contributed by atoms with Crippen LogP contribution in [-0.4, -0.2) is 31.5 Å². The van der Waals surface area contributed by atoms with E-state index < -0.39 is 27.8 Å². The fraction of sp³-hybridized carbons (Fsp3) is 0.222. The normalized spacial score (nSPS) is 17.6.